The number of anilines is 1. The van der Waals surface area contributed by atoms with Gasteiger partial charge in [0, 0.05) is 31.9 Å². The summed E-state index contributed by atoms with van der Waals surface area (Å²) < 4.78 is 33.4. The largest absolute Gasteiger partial charge is 0.385 e. The van der Waals surface area contributed by atoms with Gasteiger partial charge in [0.25, 0.3) is 0 Å². The van der Waals surface area contributed by atoms with Gasteiger partial charge in [-0.05, 0) is 13.3 Å². The van der Waals surface area contributed by atoms with Crippen molar-refractivity contribution in [2.75, 3.05) is 19.5 Å². The van der Waals surface area contributed by atoms with Gasteiger partial charge in [-0.3, -0.25) is 0 Å². The fourth-order valence-electron chi connectivity index (χ4n) is 2.02. The number of hydrogen-bond acceptors (Lipinski definition) is 3. The Labute approximate surface area is 103 Å². The Balaban J connectivity index is 2.52. The van der Waals surface area contributed by atoms with Gasteiger partial charge in [-0.1, -0.05) is 0 Å². The Morgan fingerprint density at radius 3 is 2.83 bits per heavy atom. The van der Waals surface area contributed by atoms with Crippen LogP contribution in [0, 0.1) is 11.6 Å². The molecule has 1 unspecified atom stereocenters. The summed E-state index contributed by atoms with van der Waals surface area (Å²) >= 11 is 0. The van der Waals surface area contributed by atoms with Crippen molar-refractivity contribution < 1.29 is 13.5 Å². The first-order chi connectivity index (χ1) is 8.54. The van der Waals surface area contributed by atoms with E-state index in [0.717, 1.165) is 6.07 Å². The molecule has 98 valence electrons. The zero-order chi connectivity index (χ0) is 13.3. The molecule has 0 radical (unpaired) electrons. The molecule has 0 bridgehead atoms. The summed E-state index contributed by atoms with van der Waals surface area (Å²) in [5.74, 6) is -1.16. The predicted octanol–water partition coefficient (Wildman–Crippen LogP) is 2.49. The number of nitrogens with zero attached hydrogens (tertiary/aromatic N) is 2. The molecule has 2 rings (SSSR count). The van der Waals surface area contributed by atoms with Crippen LogP contribution in [-0.4, -0.2) is 23.3 Å². The molecule has 0 aliphatic rings. The van der Waals surface area contributed by atoms with E-state index in [4.69, 9.17) is 10.5 Å². The second-order valence-corrected chi connectivity index (χ2v) is 4.23. The molecular formula is C12H15F2N3O. The van der Waals surface area contributed by atoms with Crippen LogP contribution in [0.5, 0.6) is 0 Å². The maximum absolute atomic E-state index is 13.6. The molecule has 0 aliphatic carbocycles. The summed E-state index contributed by atoms with van der Waals surface area (Å²) in [6.07, 6.45) is 0.685. The highest BCUT2D eigenvalue weighted by molar-refractivity contribution is 5.79. The van der Waals surface area contributed by atoms with Gasteiger partial charge < -0.3 is 15.0 Å². The van der Waals surface area contributed by atoms with Crippen LogP contribution in [0.15, 0.2) is 12.1 Å². The Hall–Kier alpha value is -1.69. The zero-order valence-corrected chi connectivity index (χ0v) is 10.3. The summed E-state index contributed by atoms with van der Waals surface area (Å²) in [7, 11) is 1.60. The molecule has 0 spiro atoms. The third kappa shape index (κ3) is 2.15. The van der Waals surface area contributed by atoms with E-state index in [1.54, 1.807) is 11.7 Å². The van der Waals surface area contributed by atoms with E-state index in [1.807, 2.05) is 6.92 Å². The molecule has 2 aromatic rings. The number of nitrogen functional groups attached to an aromatic ring is 1. The van der Waals surface area contributed by atoms with E-state index in [2.05, 4.69) is 4.98 Å². The Kier molecular flexibility index (Phi) is 3.47. The van der Waals surface area contributed by atoms with E-state index in [9.17, 15) is 8.78 Å². The van der Waals surface area contributed by atoms with Gasteiger partial charge in [-0.25, -0.2) is 13.8 Å². The number of hydrogen-bond donors (Lipinski definition) is 1. The van der Waals surface area contributed by atoms with Crippen LogP contribution >= 0.6 is 0 Å². The first-order valence-electron chi connectivity index (χ1n) is 5.66. The Morgan fingerprint density at radius 2 is 2.17 bits per heavy atom. The second kappa shape index (κ2) is 4.89. The molecule has 0 fully saturated rings. The van der Waals surface area contributed by atoms with Crippen molar-refractivity contribution >= 4 is 17.0 Å². The number of nitrogens with two attached hydrogens (primary N) is 1. The lowest BCUT2D eigenvalue weighted by Gasteiger charge is -2.15. The summed E-state index contributed by atoms with van der Waals surface area (Å²) in [6, 6.07) is 2.00. The Bertz CT molecular complexity index is 568. The molecule has 2 N–H and O–H groups in total. The van der Waals surface area contributed by atoms with Gasteiger partial charge in [0.15, 0.2) is 5.82 Å². The smallest absolute Gasteiger partial charge is 0.201 e. The second-order valence-electron chi connectivity index (χ2n) is 4.23. The summed E-state index contributed by atoms with van der Waals surface area (Å²) in [6.45, 7) is 2.44. The van der Waals surface area contributed by atoms with Crippen molar-refractivity contribution in [1.29, 1.82) is 0 Å². The van der Waals surface area contributed by atoms with Gasteiger partial charge in [-0.2, -0.15) is 0 Å². The SMILES string of the molecule is COCCC(C)n1c(N)nc2c(F)cc(F)cc21. The normalized spacial score (nSPS) is 13.1. The minimum atomic E-state index is -0.700. The standard InChI is InChI=1S/C12H15F2N3O/c1-7(3-4-18-2)17-10-6-8(13)5-9(14)11(10)16-12(17)15/h5-7H,3-4H2,1-2H3,(H2,15,16). The van der Waals surface area contributed by atoms with Crippen molar-refractivity contribution in [1.82, 2.24) is 9.55 Å². The average Bonchev–Trinajstić information content (AvgIpc) is 2.63. The number of ether oxygens (including phenoxy) is 1. The first kappa shape index (κ1) is 12.8. The van der Waals surface area contributed by atoms with Crippen LogP contribution in [0.3, 0.4) is 0 Å². The molecule has 1 atom stereocenters. The minimum absolute atomic E-state index is 0.0452. The number of fused-ring (bicyclic) bond motifs is 1. The predicted molar refractivity (Wildman–Crippen MR) is 65.3 cm³/mol. The molecule has 6 heteroatoms. The van der Waals surface area contributed by atoms with Crippen LogP contribution < -0.4 is 5.73 Å². The fraction of sp³-hybridized carbons (Fsp3) is 0.417. The highest BCUT2D eigenvalue weighted by Crippen LogP contribution is 2.27. The van der Waals surface area contributed by atoms with Crippen molar-refractivity contribution in [3.8, 4) is 0 Å². The van der Waals surface area contributed by atoms with Crippen molar-refractivity contribution in [2.24, 2.45) is 0 Å². The third-order valence-corrected chi connectivity index (χ3v) is 2.92. The average molecular weight is 255 g/mol. The van der Waals surface area contributed by atoms with Crippen LogP contribution in [-0.2, 0) is 4.74 Å². The highest BCUT2D eigenvalue weighted by Gasteiger charge is 2.17. The fourth-order valence-corrected chi connectivity index (χ4v) is 2.02. The lowest BCUT2D eigenvalue weighted by atomic mass is 10.2. The molecule has 0 saturated carbocycles. The monoisotopic (exact) mass is 255 g/mol. The molecule has 4 nitrogen and oxygen atoms in total. The number of imidazole rings is 1. The summed E-state index contributed by atoms with van der Waals surface area (Å²) in [4.78, 5) is 3.94. The van der Waals surface area contributed by atoms with Gasteiger partial charge in [0.1, 0.15) is 11.3 Å². The van der Waals surface area contributed by atoms with Crippen LogP contribution in [0.1, 0.15) is 19.4 Å². The lowest BCUT2D eigenvalue weighted by Crippen LogP contribution is -2.11. The van der Waals surface area contributed by atoms with Crippen molar-refractivity contribution in [2.45, 2.75) is 19.4 Å². The minimum Gasteiger partial charge on any atom is -0.385 e. The van der Waals surface area contributed by atoms with Crippen molar-refractivity contribution in [3.05, 3.63) is 23.8 Å². The zero-order valence-electron chi connectivity index (χ0n) is 10.3. The number of aromatic nitrogens is 2. The van der Waals surface area contributed by atoms with Gasteiger partial charge in [0.2, 0.25) is 5.95 Å². The van der Waals surface area contributed by atoms with E-state index >= 15 is 0 Å². The van der Waals surface area contributed by atoms with Gasteiger partial charge >= 0.3 is 0 Å². The number of methoxy groups -OCH3 is 1. The lowest BCUT2D eigenvalue weighted by molar-refractivity contribution is 0.182. The van der Waals surface area contributed by atoms with E-state index < -0.39 is 11.6 Å². The van der Waals surface area contributed by atoms with Crippen LogP contribution in [0.2, 0.25) is 0 Å². The molecule has 18 heavy (non-hydrogen) atoms. The maximum atomic E-state index is 13.6. The number of rotatable bonds is 4. The third-order valence-electron chi connectivity index (χ3n) is 2.92. The van der Waals surface area contributed by atoms with E-state index in [-0.39, 0.29) is 17.5 Å². The molecule has 0 aliphatic heterocycles. The highest BCUT2D eigenvalue weighted by atomic mass is 19.1. The van der Waals surface area contributed by atoms with Gasteiger partial charge in [-0.15, -0.1) is 0 Å². The van der Waals surface area contributed by atoms with Crippen LogP contribution in [0.4, 0.5) is 14.7 Å². The van der Waals surface area contributed by atoms with Crippen LogP contribution in [0.25, 0.3) is 11.0 Å². The summed E-state index contributed by atoms with van der Waals surface area (Å²) in [5, 5.41) is 0. The van der Waals surface area contributed by atoms with Gasteiger partial charge in [0.05, 0.1) is 5.52 Å². The Morgan fingerprint density at radius 1 is 1.44 bits per heavy atom. The summed E-state index contributed by atoms with van der Waals surface area (Å²) in [5.41, 5.74) is 6.23. The van der Waals surface area contributed by atoms with E-state index in [0.29, 0.717) is 18.5 Å². The maximum Gasteiger partial charge on any atom is 0.201 e. The quantitative estimate of drug-likeness (QED) is 0.913. The topological polar surface area (TPSA) is 53.1 Å². The molecule has 0 saturated heterocycles. The molecule has 0 amide bonds. The molecular weight excluding hydrogens is 240 g/mol. The van der Waals surface area contributed by atoms with Crippen molar-refractivity contribution in [3.63, 3.8) is 0 Å². The number of benzene rings is 1. The molecule has 1 heterocycles. The first-order valence-corrected chi connectivity index (χ1v) is 5.66. The number of halogens is 2. The molecule has 1 aromatic carbocycles. The molecule has 1 aromatic heterocycles. The van der Waals surface area contributed by atoms with E-state index in [1.165, 1.54) is 6.07 Å².